The zero-order valence-electron chi connectivity index (χ0n) is 10.8. The molecule has 0 aliphatic carbocycles. The van der Waals surface area contributed by atoms with Gasteiger partial charge in [-0.2, -0.15) is 0 Å². The highest BCUT2D eigenvalue weighted by Crippen LogP contribution is 2.22. The van der Waals surface area contributed by atoms with Crippen LogP contribution in [0.1, 0.15) is 20.9 Å². The average Bonchev–Trinajstić information content (AvgIpc) is 2.67. The summed E-state index contributed by atoms with van der Waals surface area (Å²) in [6, 6.07) is 6.84. The smallest absolute Gasteiger partial charge is 0.265 e. The Morgan fingerprint density at radius 3 is 2.84 bits per heavy atom. The van der Waals surface area contributed by atoms with E-state index >= 15 is 0 Å². The third-order valence-electron chi connectivity index (χ3n) is 2.68. The van der Waals surface area contributed by atoms with Crippen molar-refractivity contribution in [2.75, 3.05) is 12.8 Å². The molecule has 1 amide bonds. The molecule has 0 unspecified atom stereocenters. The summed E-state index contributed by atoms with van der Waals surface area (Å²) in [5.41, 5.74) is 7.11. The Kier molecular flexibility index (Phi) is 3.71. The van der Waals surface area contributed by atoms with Gasteiger partial charge in [0.05, 0.1) is 5.69 Å². The number of nitrogens with zero attached hydrogens (tertiary/aromatic N) is 2. The molecule has 3 N–H and O–H groups in total. The van der Waals surface area contributed by atoms with Crippen molar-refractivity contribution < 1.29 is 9.90 Å². The molecule has 1 aromatic carbocycles. The molecule has 0 fully saturated rings. The number of nitrogens with two attached hydrogens (primary N) is 1. The van der Waals surface area contributed by atoms with Gasteiger partial charge in [-0.25, -0.2) is 4.98 Å². The fourth-order valence-electron chi connectivity index (χ4n) is 1.79. The molecule has 0 radical (unpaired) electrons. The predicted molar refractivity (Wildman–Crippen MR) is 75.2 cm³/mol. The highest BCUT2D eigenvalue weighted by Gasteiger charge is 2.18. The van der Waals surface area contributed by atoms with Crippen molar-refractivity contribution in [3.8, 4) is 5.75 Å². The van der Waals surface area contributed by atoms with Gasteiger partial charge in [0.25, 0.3) is 5.91 Å². The van der Waals surface area contributed by atoms with Crippen molar-refractivity contribution in [1.82, 2.24) is 9.88 Å². The molecule has 0 saturated heterocycles. The van der Waals surface area contributed by atoms with Crippen molar-refractivity contribution in [3.63, 3.8) is 0 Å². The van der Waals surface area contributed by atoms with E-state index in [0.29, 0.717) is 22.2 Å². The van der Waals surface area contributed by atoms with Crippen LogP contribution < -0.4 is 5.73 Å². The van der Waals surface area contributed by atoms with E-state index in [2.05, 4.69) is 4.98 Å². The highest BCUT2D eigenvalue weighted by molar-refractivity contribution is 7.17. The van der Waals surface area contributed by atoms with Crippen LogP contribution in [0, 0.1) is 6.92 Å². The average molecular weight is 277 g/mol. The molecule has 6 heteroatoms. The zero-order chi connectivity index (χ0) is 14.0. The van der Waals surface area contributed by atoms with E-state index in [9.17, 15) is 9.90 Å². The molecule has 0 atom stereocenters. The number of carbonyl (C=O) groups excluding carboxylic acids is 1. The maximum atomic E-state index is 12.2. The Labute approximate surface area is 115 Å². The number of nitrogen functional groups attached to an aromatic ring is 1. The van der Waals surface area contributed by atoms with Gasteiger partial charge in [0.2, 0.25) is 0 Å². The number of phenolic OH excluding ortho intramolecular Hbond substituents is 1. The third-order valence-corrected chi connectivity index (χ3v) is 3.66. The van der Waals surface area contributed by atoms with E-state index in [1.807, 2.05) is 6.07 Å². The van der Waals surface area contributed by atoms with Crippen molar-refractivity contribution >= 4 is 22.4 Å². The number of hydrogen-bond donors (Lipinski definition) is 2. The Bertz CT molecular complexity index is 610. The van der Waals surface area contributed by atoms with Crippen LogP contribution in [0.25, 0.3) is 0 Å². The fraction of sp³-hybridized carbons (Fsp3) is 0.231. The maximum Gasteiger partial charge on any atom is 0.265 e. The van der Waals surface area contributed by atoms with Gasteiger partial charge >= 0.3 is 0 Å². The van der Waals surface area contributed by atoms with Crippen molar-refractivity contribution in [2.45, 2.75) is 13.5 Å². The Morgan fingerprint density at radius 1 is 1.53 bits per heavy atom. The van der Waals surface area contributed by atoms with Crippen LogP contribution in [0.4, 0.5) is 5.13 Å². The first-order valence-corrected chi connectivity index (χ1v) is 6.55. The lowest BCUT2D eigenvalue weighted by atomic mass is 10.2. The summed E-state index contributed by atoms with van der Waals surface area (Å²) in [4.78, 5) is 18.4. The molecule has 0 spiro atoms. The summed E-state index contributed by atoms with van der Waals surface area (Å²) >= 11 is 1.19. The number of hydrogen-bond acceptors (Lipinski definition) is 5. The number of amides is 1. The lowest BCUT2D eigenvalue weighted by molar-refractivity contribution is 0.0789. The monoisotopic (exact) mass is 277 g/mol. The molecule has 1 aromatic heterocycles. The molecule has 0 bridgehead atoms. The number of carbonyl (C=O) groups is 1. The number of rotatable bonds is 3. The molecule has 0 saturated carbocycles. The van der Waals surface area contributed by atoms with Crippen LogP contribution in [-0.4, -0.2) is 27.9 Å². The minimum absolute atomic E-state index is 0.116. The van der Waals surface area contributed by atoms with E-state index in [0.717, 1.165) is 5.56 Å². The van der Waals surface area contributed by atoms with Crippen LogP contribution in [0.15, 0.2) is 24.3 Å². The summed E-state index contributed by atoms with van der Waals surface area (Å²) in [6.45, 7) is 2.19. The Balaban J connectivity index is 2.14. The second-order valence-corrected chi connectivity index (χ2v) is 5.33. The van der Waals surface area contributed by atoms with Gasteiger partial charge in [0, 0.05) is 13.6 Å². The third kappa shape index (κ3) is 3.03. The van der Waals surface area contributed by atoms with Gasteiger partial charge in [0.1, 0.15) is 10.6 Å². The van der Waals surface area contributed by atoms with Crippen molar-refractivity contribution in [3.05, 3.63) is 40.4 Å². The van der Waals surface area contributed by atoms with Crippen LogP contribution in [0.2, 0.25) is 0 Å². The first-order valence-electron chi connectivity index (χ1n) is 5.73. The molecule has 2 aromatic rings. The lowest BCUT2D eigenvalue weighted by Gasteiger charge is -2.16. The van der Waals surface area contributed by atoms with Gasteiger partial charge in [-0.15, -0.1) is 0 Å². The number of thiazole rings is 1. The van der Waals surface area contributed by atoms with Gasteiger partial charge in [-0.05, 0) is 24.6 Å². The van der Waals surface area contributed by atoms with Crippen molar-refractivity contribution in [2.24, 2.45) is 0 Å². The Hall–Kier alpha value is -2.08. The van der Waals surface area contributed by atoms with Crippen LogP contribution in [-0.2, 0) is 6.54 Å². The molecule has 2 rings (SSSR count). The quantitative estimate of drug-likeness (QED) is 0.899. The normalized spacial score (nSPS) is 10.4. The molecule has 0 aliphatic rings. The summed E-state index contributed by atoms with van der Waals surface area (Å²) in [5, 5.41) is 9.80. The maximum absolute atomic E-state index is 12.2. The minimum Gasteiger partial charge on any atom is -0.508 e. The molecular weight excluding hydrogens is 262 g/mol. The fourth-order valence-corrected chi connectivity index (χ4v) is 2.62. The minimum atomic E-state index is -0.116. The van der Waals surface area contributed by atoms with Crippen LogP contribution in [0.3, 0.4) is 0 Å². The Morgan fingerprint density at radius 2 is 2.26 bits per heavy atom. The summed E-state index contributed by atoms with van der Waals surface area (Å²) in [6.07, 6.45) is 0. The van der Waals surface area contributed by atoms with E-state index in [4.69, 9.17) is 5.73 Å². The standard InChI is InChI=1S/C13H15N3O2S/c1-8-11(19-13(14)15-8)12(18)16(2)7-9-4-3-5-10(17)6-9/h3-6,17H,7H2,1-2H3,(H2,14,15). The van der Waals surface area contributed by atoms with E-state index in [-0.39, 0.29) is 11.7 Å². The van der Waals surface area contributed by atoms with Crippen LogP contribution in [0.5, 0.6) is 5.75 Å². The molecule has 19 heavy (non-hydrogen) atoms. The molecule has 5 nitrogen and oxygen atoms in total. The van der Waals surface area contributed by atoms with Crippen molar-refractivity contribution in [1.29, 1.82) is 0 Å². The molecule has 1 heterocycles. The molecule has 100 valence electrons. The number of anilines is 1. The lowest BCUT2D eigenvalue weighted by Crippen LogP contribution is -2.26. The highest BCUT2D eigenvalue weighted by atomic mass is 32.1. The number of aromatic nitrogens is 1. The first kappa shape index (κ1) is 13.4. The largest absolute Gasteiger partial charge is 0.508 e. The molecule has 0 aliphatic heterocycles. The molecular formula is C13H15N3O2S. The van der Waals surface area contributed by atoms with Gasteiger partial charge < -0.3 is 15.7 Å². The summed E-state index contributed by atoms with van der Waals surface area (Å²) < 4.78 is 0. The number of aryl methyl sites for hydroxylation is 1. The predicted octanol–water partition coefficient (Wildman–Crippen LogP) is 2.01. The topological polar surface area (TPSA) is 79.5 Å². The van der Waals surface area contributed by atoms with E-state index in [1.54, 1.807) is 37.1 Å². The van der Waals surface area contributed by atoms with E-state index in [1.165, 1.54) is 11.3 Å². The second-order valence-electron chi connectivity index (χ2n) is 4.30. The van der Waals surface area contributed by atoms with E-state index < -0.39 is 0 Å². The van der Waals surface area contributed by atoms with Crippen LogP contribution >= 0.6 is 11.3 Å². The first-order chi connectivity index (χ1) is 8.97. The van der Waals surface area contributed by atoms with Gasteiger partial charge in [-0.1, -0.05) is 23.5 Å². The zero-order valence-corrected chi connectivity index (χ0v) is 11.6. The number of phenols is 1. The van der Waals surface area contributed by atoms with Gasteiger partial charge in [-0.3, -0.25) is 4.79 Å². The number of benzene rings is 1. The second kappa shape index (κ2) is 5.27. The summed E-state index contributed by atoms with van der Waals surface area (Å²) in [7, 11) is 1.71. The summed E-state index contributed by atoms with van der Waals surface area (Å²) in [5.74, 6) is 0.0756. The SMILES string of the molecule is Cc1nc(N)sc1C(=O)N(C)Cc1cccc(O)c1. The number of aromatic hydroxyl groups is 1. The van der Waals surface area contributed by atoms with Gasteiger partial charge in [0.15, 0.2) is 5.13 Å².